The van der Waals surface area contributed by atoms with Gasteiger partial charge in [-0.1, -0.05) is 48.5 Å². The van der Waals surface area contributed by atoms with Crippen LogP contribution in [0.4, 0.5) is 0 Å². The van der Waals surface area contributed by atoms with E-state index in [1.165, 1.54) is 4.57 Å². The second-order valence-corrected chi connectivity index (χ2v) is 5.58. The molecule has 3 rings (SSSR count). The van der Waals surface area contributed by atoms with Gasteiger partial charge in [0.15, 0.2) is 0 Å². The highest BCUT2D eigenvalue weighted by atomic mass is 16.2. The van der Waals surface area contributed by atoms with Crippen LogP contribution >= 0.6 is 0 Å². The summed E-state index contributed by atoms with van der Waals surface area (Å²) in [5.41, 5.74) is 3.08. The van der Waals surface area contributed by atoms with Crippen molar-refractivity contribution in [1.29, 1.82) is 0 Å². The van der Waals surface area contributed by atoms with E-state index >= 15 is 0 Å². The first kappa shape index (κ1) is 15.7. The Balaban J connectivity index is 1.76. The summed E-state index contributed by atoms with van der Waals surface area (Å²) in [5, 5.41) is 2.81. The highest BCUT2D eigenvalue weighted by molar-refractivity contribution is 5.95. The number of hydrogen-bond donors (Lipinski definition) is 1. The van der Waals surface area contributed by atoms with Crippen molar-refractivity contribution in [3.05, 3.63) is 94.4 Å². The van der Waals surface area contributed by atoms with Crippen molar-refractivity contribution in [3.63, 3.8) is 0 Å². The van der Waals surface area contributed by atoms with Gasteiger partial charge >= 0.3 is 0 Å². The topological polar surface area (TPSA) is 51.1 Å². The van der Waals surface area contributed by atoms with Crippen LogP contribution in [-0.4, -0.2) is 10.5 Å². The molecule has 1 heterocycles. The molecule has 2 aromatic carbocycles. The van der Waals surface area contributed by atoms with Crippen LogP contribution in [0.5, 0.6) is 0 Å². The van der Waals surface area contributed by atoms with Gasteiger partial charge in [0.05, 0.1) is 0 Å². The predicted molar refractivity (Wildman–Crippen MR) is 94.7 cm³/mol. The van der Waals surface area contributed by atoms with Crippen molar-refractivity contribution >= 4 is 5.91 Å². The molecule has 0 bridgehead atoms. The van der Waals surface area contributed by atoms with Gasteiger partial charge in [0.25, 0.3) is 11.5 Å². The molecule has 0 aliphatic carbocycles. The number of amides is 1. The Morgan fingerprint density at radius 1 is 0.958 bits per heavy atom. The average Bonchev–Trinajstić information content (AvgIpc) is 2.63. The van der Waals surface area contributed by atoms with E-state index in [0.717, 1.165) is 11.1 Å². The van der Waals surface area contributed by atoms with E-state index in [0.29, 0.717) is 11.1 Å². The highest BCUT2D eigenvalue weighted by Crippen LogP contribution is 2.19. The molecule has 1 amide bonds. The van der Waals surface area contributed by atoms with Crippen molar-refractivity contribution in [3.8, 4) is 11.1 Å². The van der Waals surface area contributed by atoms with Gasteiger partial charge in [-0.15, -0.1) is 0 Å². The smallest absolute Gasteiger partial charge is 0.255 e. The van der Waals surface area contributed by atoms with Crippen LogP contribution in [0.2, 0.25) is 0 Å². The standard InChI is InChI=1S/C20H18N2O2/c1-22-12-6-11-18(20(22)24)14-21-19(23)17-10-5-9-16(13-17)15-7-3-2-4-8-15/h2-13H,14H2,1H3,(H,21,23). The number of nitrogens with zero attached hydrogens (tertiary/aromatic N) is 1. The third-order valence-corrected chi connectivity index (χ3v) is 3.87. The maximum Gasteiger partial charge on any atom is 0.255 e. The van der Waals surface area contributed by atoms with E-state index in [9.17, 15) is 9.59 Å². The lowest BCUT2D eigenvalue weighted by Crippen LogP contribution is -2.28. The van der Waals surface area contributed by atoms with Crippen LogP contribution in [0, 0.1) is 0 Å². The molecule has 0 aliphatic heterocycles. The lowest BCUT2D eigenvalue weighted by Gasteiger charge is -2.08. The van der Waals surface area contributed by atoms with Crippen molar-refractivity contribution in [2.45, 2.75) is 6.54 Å². The molecule has 24 heavy (non-hydrogen) atoms. The van der Waals surface area contributed by atoms with Crippen LogP contribution in [0.1, 0.15) is 15.9 Å². The first-order chi connectivity index (χ1) is 11.6. The normalized spacial score (nSPS) is 10.4. The third kappa shape index (κ3) is 3.43. The Labute approximate surface area is 140 Å². The van der Waals surface area contributed by atoms with E-state index in [1.807, 2.05) is 48.5 Å². The van der Waals surface area contributed by atoms with Gasteiger partial charge in [0.2, 0.25) is 0 Å². The maximum atomic E-state index is 12.4. The minimum Gasteiger partial charge on any atom is -0.348 e. The number of hydrogen-bond acceptors (Lipinski definition) is 2. The molecule has 0 fully saturated rings. The molecule has 0 unspecified atom stereocenters. The van der Waals surface area contributed by atoms with Crippen molar-refractivity contribution in [1.82, 2.24) is 9.88 Å². The number of pyridine rings is 1. The average molecular weight is 318 g/mol. The lowest BCUT2D eigenvalue weighted by atomic mass is 10.0. The number of rotatable bonds is 4. The summed E-state index contributed by atoms with van der Waals surface area (Å²) in [6.45, 7) is 0.210. The number of nitrogens with one attached hydrogen (secondary N) is 1. The number of carbonyl (C=O) groups is 1. The summed E-state index contributed by atoms with van der Waals surface area (Å²) in [5.74, 6) is -0.196. The van der Waals surface area contributed by atoms with Crippen molar-refractivity contribution in [2.75, 3.05) is 0 Å². The number of aryl methyl sites for hydroxylation is 1. The maximum absolute atomic E-state index is 12.4. The van der Waals surface area contributed by atoms with Gasteiger partial charge in [0.1, 0.15) is 0 Å². The third-order valence-electron chi connectivity index (χ3n) is 3.87. The van der Waals surface area contributed by atoms with Crippen LogP contribution in [0.3, 0.4) is 0 Å². The SMILES string of the molecule is Cn1cccc(CNC(=O)c2cccc(-c3ccccc3)c2)c1=O. The van der Waals surface area contributed by atoms with E-state index in [2.05, 4.69) is 5.32 Å². The highest BCUT2D eigenvalue weighted by Gasteiger charge is 2.08. The molecule has 4 nitrogen and oxygen atoms in total. The Hall–Kier alpha value is -3.14. The lowest BCUT2D eigenvalue weighted by molar-refractivity contribution is 0.0951. The summed E-state index contributed by atoms with van der Waals surface area (Å²) >= 11 is 0. The molecule has 120 valence electrons. The predicted octanol–water partition coefficient (Wildman–Crippen LogP) is 2.98. The minimum absolute atomic E-state index is 0.101. The molecule has 0 radical (unpaired) electrons. The fourth-order valence-electron chi connectivity index (χ4n) is 2.54. The van der Waals surface area contributed by atoms with Crippen LogP contribution < -0.4 is 10.9 Å². The second kappa shape index (κ2) is 6.96. The molecule has 0 aliphatic rings. The number of benzene rings is 2. The first-order valence-electron chi connectivity index (χ1n) is 7.73. The van der Waals surface area contributed by atoms with Gasteiger partial charge < -0.3 is 9.88 Å². The number of aromatic nitrogens is 1. The van der Waals surface area contributed by atoms with Gasteiger partial charge in [-0.25, -0.2) is 0 Å². The van der Waals surface area contributed by atoms with E-state index in [-0.39, 0.29) is 18.0 Å². The summed E-state index contributed by atoms with van der Waals surface area (Å²) < 4.78 is 1.50. The molecule has 0 spiro atoms. The summed E-state index contributed by atoms with van der Waals surface area (Å²) in [6.07, 6.45) is 1.69. The second-order valence-electron chi connectivity index (χ2n) is 5.58. The molecule has 3 aromatic rings. The summed E-state index contributed by atoms with van der Waals surface area (Å²) in [7, 11) is 1.69. The summed E-state index contributed by atoms with van der Waals surface area (Å²) in [6, 6.07) is 20.9. The zero-order valence-corrected chi connectivity index (χ0v) is 13.4. The molecule has 1 N–H and O–H groups in total. The van der Waals surface area contributed by atoms with E-state index < -0.39 is 0 Å². The molecule has 0 saturated carbocycles. The van der Waals surface area contributed by atoms with Gasteiger partial charge in [-0.05, 0) is 29.3 Å². The Morgan fingerprint density at radius 2 is 1.71 bits per heavy atom. The Bertz CT molecular complexity index is 914. The fourth-order valence-corrected chi connectivity index (χ4v) is 2.54. The Kier molecular flexibility index (Phi) is 4.57. The zero-order chi connectivity index (χ0) is 16.9. The van der Waals surface area contributed by atoms with Gasteiger partial charge in [-0.3, -0.25) is 9.59 Å². The van der Waals surface area contributed by atoms with Crippen molar-refractivity contribution < 1.29 is 4.79 Å². The molecular weight excluding hydrogens is 300 g/mol. The van der Waals surface area contributed by atoms with Gasteiger partial charge in [0, 0.05) is 30.9 Å². The number of carbonyl (C=O) groups excluding carboxylic acids is 1. The Morgan fingerprint density at radius 3 is 2.50 bits per heavy atom. The van der Waals surface area contributed by atoms with Crippen LogP contribution in [0.15, 0.2) is 77.7 Å². The molecule has 0 atom stereocenters. The fraction of sp³-hybridized carbons (Fsp3) is 0.100. The molecule has 4 heteroatoms. The molecular formula is C20H18N2O2. The van der Waals surface area contributed by atoms with Crippen LogP contribution in [0.25, 0.3) is 11.1 Å². The van der Waals surface area contributed by atoms with Crippen molar-refractivity contribution in [2.24, 2.45) is 7.05 Å². The van der Waals surface area contributed by atoms with Crippen LogP contribution in [-0.2, 0) is 13.6 Å². The van der Waals surface area contributed by atoms with Gasteiger partial charge in [-0.2, -0.15) is 0 Å². The molecule has 1 aromatic heterocycles. The first-order valence-corrected chi connectivity index (χ1v) is 7.73. The monoisotopic (exact) mass is 318 g/mol. The van der Waals surface area contributed by atoms with E-state index in [1.54, 1.807) is 31.4 Å². The quantitative estimate of drug-likeness (QED) is 0.804. The molecule has 0 saturated heterocycles. The summed E-state index contributed by atoms with van der Waals surface area (Å²) in [4.78, 5) is 24.3. The minimum atomic E-state index is -0.196. The largest absolute Gasteiger partial charge is 0.348 e. The van der Waals surface area contributed by atoms with E-state index in [4.69, 9.17) is 0 Å². The zero-order valence-electron chi connectivity index (χ0n) is 13.4.